The van der Waals surface area contributed by atoms with Gasteiger partial charge in [0.2, 0.25) is 11.8 Å². The summed E-state index contributed by atoms with van der Waals surface area (Å²) in [5, 5.41) is 5.75. The van der Waals surface area contributed by atoms with E-state index in [1.54, 1.807) is 19.1 Å². The zero-order chi connectivity index (χ0) is 17.4. The van der Waals surface area contributed by atoms with E-state index < -0.39 is 6.04 Å². The highest BCUT2D eigenvalue weighted by molar-refractivity contribution is 5.89. The maximum Gasteiger partial charge on any atom is 0.245 e. The van der Waals surface area contributed by atoms with Crippen molar-refractivity contribution in [3.63, 3.8) is 0 Å². The summed E-state index contributed by atoms with van der Waals surface area (Å²) in [5.74, 6) is 0.587. The fourth-order valence-corrected chi connectivity index (χ4v) is 2.60. The van der Waals surface area contributed by atoms with Crippen molar-refractivity contribution in [3.8, 4) is 5.75 Å². The second kappa shape index (κ2) is 9.24. The van der Waals surface area contributed by atoms with Gasteiger partial charge in [-0.15, -0.1) is 0 Å². The average molecular weight is 335 g/mol. The van der Waals surface area contributed by atoms with Gasteiger partial charge >= 0.3 is 0 Å². The molecule has 24 heavy (non-hydrogen) atoms. The molecule has 0 aromatic heterocycles. The Hall–Kier alpha value is -2.12. The number of carbonyl (C=O) groups excluding carboxylic acids is 2. The first kappa shape index (κ1) is 18.2. The minimum Gasteiger partial charge on any atom is -0.497 e. The van der Waals surface area contributed by atoms with E-state index in [1.165, 1.54) is 0 Å². The van der Waals surface area contributed by atoms with Crippen molar-refractivity contribution in [3.05, 3.63) is 29.8 Å². The fraction of sp³-hybridized carbons (Fsp3) is 0.529. The Morgan fingerprint density at radius 3 is 2.71 bits per heavy atom. The molecular formula is C17H25N3O4. The quantitative estimate of drug-likeness (QED) is 0.628. The van der Waals surface area contributed by atoms with E-state index >= 15 is 0 Å². The number of hydrogen-bond donors (Lipinski definition) is 2. The van der Waals surface area contributed by atoms with Crippen molar-refractivity contribution < 1.29 is 19.1 Å². The molecule has 1 unspecified atom stereocenters. The molecule has 0 bridgehead atoms. The number of likely N-dealkylation sites (tertiary alicyclic amines) is 1. The summed E-state index contributed by atoms with van der Waals surface area (Å²) >= 11 is 0. The lowest BCUT2D eigenvalue weighted by atomic mass is 10.2. The van der Waals surface area contributed by atoms with E-state index in [1.807, 2.05) is 24.3 Å². The zero-order valence-corrected chi connectivity index (χ0v) is 14.2. The normalized spacial score (nSPS) is 17.2. The molecule has 2 amide bonds. The highest BCUT2D eigenvalue weighted by Crippen LogP contribution is 2.17. The highest BCUT2D eigenvalue weighted by Gasteiger charge is 2.32. The molecule has 7 heteroatoms. The predicted molar refractivity (Wildman–Crippen MR) is 89.7 cm³/mol. The summed E-state index contributed by atoms with van der Waals surface area (Å²) in [5.41, 5.74) is 1.04. The van der Waals surface area contributed by atoms with Crippen molar-refractivity contribution in [2.75, 3.05) is 40.5 Å². The van der Waals surface area contributed by atoms with Gasteiger partial charge in [0.15, 0.2) is 0 Å². The third-order valence-corrected chi connectivity index (χ3v) is 3.93. The number of nitrogens with one attached hydrogen (secondary N) is 2. The molecule has 2 rings (SSSR count). The van der Waals surface area contributed by atoms with Gasteiger partial charge in [-0.1, -0.05) is 12.1 Å². The third-order valence-electron chi connectivity index (χ3n) is 3.93. The second-order valence-electron chi connectivity index (χ2n) is 5.69. The first-order valence-corrected chi connectivity index (χ1v) is 8.04. The van der Waals surface area contributed by atoms with Crippen molar-refractivity contribution in [2.45, 2.75) is 19.0 Å². The van der Waals surface area contributed by atoms with E-state index in [9.17, 15) is 9.59 Å². The van der Waals surface area contributed by atoms with Crippen LogP contribution < -0.4 is 15.4 Å². The number of hydrogen-bond acceptors (Lipinski definition) is 5. The fourth-order valence-electron chi connectivity index (χ4n) is 2.60. The Morgan fingerprint density at radius 1 is 1.29 bits per heavy atom. The predicted octanol–water partition coefficient (Wildman–Crippen LogP) is 0.148. The minimum atomic E-state index is -0.431. The van der Waals surface area contributed by atoms with Gasteiger partial charge in [-0.25, -0.2) is 0 Å². The molecule has 0 spiro atoms. The maximum absolute atomic E-state index is 12.4. The molecule has 2 N–H and O–H groups in total. The Balaban J connectivity index is 1.78. The molecule has 1 aliphatic rings. The lowest BCUT2D eigenvalue weighted by molar-refractivity contribution is -0.132. The van der Waals surface area contributed by atoms with Gasteiger partial charge < -0.3 is 25.0 Å². The molecule has 0 aliphatic carbocycles. The van der Waals surface area contributed by atoms with Crippen LogP contribution in [0, 0.1) is 0 Å². The first-order valence-electron chi connectivity index (χ1n) is 8.04. The monoisotopic (exact) mass is 335 g/mol. The second-order valence-corrected chi connectivity index (χ2v) is 5.69. The molecule has 7 nitrogen and oxygen atoms in total. The van der Waals surface area contributed by atoms with Crippen molar-refractivity contribution >= 4 is 11.8 Å². The standard InChI is InChI=1S/C17H25N3O4/c1-23-10-8-18-11-16(21)19-15-7-9-20(17(15)22)12-13-3-5-14(24-2)6-4-13/h3-6,15,18H,7-12H2,1-2H3,(H,19,21). The van der Waals surface area contributed by atoms with Crippen molar-refractivity contribution in [1.82, 2.24) is 15.5 Å². The van der Waals surface area contributed by atoms with Crippen LogP contribution in [-0.2, 0) is 20.9 Å². The van der Waals surface area contributed by atoms with Crippen LogP contribution in [0.15, 0.2) is 24.3 Å². The van der Waals surface area contributed by atoms with Crippen LogP contribution in [0.5, 0.6) is 5.75 Å². The van der Waals surface area contributed by atoms with E-state index in [0.29, 0.717) is 32.7 Å². The summed E-state index contributed by atoms with van der Waals surface area (Å²) in [6.07, 6.45) is 0.638. The summed E-state index contributed by atoms with van der Waals surface area (Å²) in [6, 6.07) is 7.21. The summed E-state index contributed by atoms with van der Waals surface area (Å²) in [4.78, 5) is 26.0. The van der Waals surface area contributed by atoms with Gasteiger partial charge in [-0.2, -0.15) is 0 Å². The first-order chi connectivity index (χ1) is 11.6. The van der Waals surface area contributed by atoms with Crippen LogP contribution in [0.2, 0.25) is 0 Å². The molecule has 1 heterocycles. The van der Waals surface area contributed by atoms with Crippen LogP contribution in [0.3, 0.4) is 0 Å². The molecule has 1 aromatic carbocycles. The Morgan fingerprint density at radius 2 is 2.04 bits per heavy atom. The number of ether oxygens (including phenoxy) is 2. The molecule has 0 radical (unpaired) electrons. The van der Waals surface area contributed by atoms with Crippen LogP contribution >= 0.6 is 0 Å². The molecule has 1 saturated heterocycles. The molecule has 0 saturated carbocycles. The Bertz CT molecular complexity index is 547. The van der Waals surface area contributed by atoms with Gasteiger partial charge in [0.1, 0.15) is 11.8 Å². The van der Waals surface area contributed by atoms with E-state index in [0.717, 1.165) is 11.3 Å². The van der Waals surface area contributed by atoms with Gasteiger partial charge in [0.05, 0.1) is 20.3 Å². The number of amides is 2. The van der Waals surface area contributed by atoms with Gasteiger partial charge in [0.25, 0.3) is 0 Å². The number of carbonyl (C=O) groups is 2. The SMILES string of the molecule is COCCNCC(=O)NC1CCN(Cc2ccc(OC)cc2)C1=O. The lowest BCUT2D eigenvalue weighted by Gasteiger charge is -2.17. The number of benzene rings is 1. The maximum atomic E-state index is 12.4. The van der Waals surface area contributed by atoms with E-state index in [2.05, 4.69) is 10.6 Å². The average Bonchev–Trinajstić information content (AvgIpc) is 2.93. The van der Waals surface area contributed by atoms with Crippen LogP contribution in [0.4, 0.5) is 0 Å². The topological polar surface area (TPSA) is 79.9 Å². The minimum absolute atomic E-state index is 0.0314. The van der Waals surface area contributed by atoms with Gasteiger partial charge in [-0.05, 0) is 24.1 Å². The Kier molecular flexibility index (Phi) is 7.02. The molecule has 1 fully saturated rings. The number of rotatable bonds is 9. The third kappa shape index (κ3) is 5.21. The smallest absolute Gasteiger partial charge is 0.245 e. The van der Waals surface area contributed by atoms with Crippen LogP contribution in [-0.4, -0.2) is 63.2 Å². The largest absolute Gasteiger partial charge is 0.497 e. The zero-order valence-electron chi connectivity index (χ0n) is 14.2. The van der Waals surface area contributed by atoms with Crippen molar-refractivity contribution in [1.29, 1.82) is 0 Å². The van der Waals surface area contributed by atoms with Gasteiger partial charge in [0, 0.05) is 26.7 Å². The molecular weight excluding hydrogens is 310 g/mol. The van der Waals surface area contributed by atoms with E-state index in [4.69, 9.17) is 9.47 Å². The van der Waals surface area contributed by atoms with Crippen LogP contribution in [0.1, 0.15) is 12.0 Å². The van der Waals surface area contributed by atoms with Gasteiger partial charge in [-0.3, -0.25) is 9.59 Å². The molecule has 1 aliphatic heterocycles. The summed E-state index contributed by atoms with van der Waals surface area (Å²) in [6.45, 7) is 2.53. The highest BCUT2D eigenvalue weighted by atomic mass is 16.5. The van der Waals surface area contributed by atoms with Crippen molar-refractivity contribution in [2.24, 2.45) is 0 Å². The van der Waals surface area contributed by atoms with E-state index in [-0.39, 0.29) is 18.4 Å². The number of methoxy groups -OCH3 is 2. The van der Waals surface area contributed by atoms with Crippen LogP contribution in [0.25, 0.3) is 0 Å². The Labute approximate surface area is 142 Å². The summed E-state index contributed by atoms with van der Waals surface area (Å²) < 4.78 is 10.0. The molecule has 1 aromatic rings. The number of nitrogens with zero attached hydrogens (tertiary/aromatic N) is 1. The molecule has 1 atom stereocenters. The summed E-state index contributed by atoms with van der Waals surface area (Å²) in [7, 11) is 3.23. The lowest BCUT2D eigenvalue weighted by Crippen LogP contribution is -2.45. The molecule has 132 valence electrons.